The number of nitrogens with one attached hydrogen (secondary N) is 3. The second kappa shape index (κ2) is 7.52. The molecular weight excluding hydrogens is 238 g/mol. The molecule has 0 aliphatic heterocycles. The van der Waals surface area contributed by atoms with E-state index in [9.17, 15) is 14.4 Å². The van der Waals surface area contributed by atoms with E-state index in [2.05, 4.69) is 16.0 Å². The molecule has 104 valence electrons. The molecule has 2 unspecified atom stereocenters. The number of carbonyl (C=O) groups is 3. The summed E-state index contributed by atoms with van der Waals surface area (Å²) in [5.41, 5.74) is 0. The van der Waals surface area contributed by atoms with E-state index in [4.69, 9.17) is 5.11 Å². The lowest BCUT2D eigenvalue weighted by Gasteiger charge is -2.18. The molecule has 0 aromatic heterocycles. The van der Waals surface area contributed by atoms with Crippen molar-refractivity contribution in [3.05, 3.63) is 0 Å². The molecule has 0 aromatic carbocycles. The van der Waals surface area contributed by atoms with Crippen LogP contribution in [0.5, 0.6) is 0 Å². The van der Waals surface area contributed by atoms with Crippen LogP contribution in [0.4, 0.5) is 4.79 Å². The van der Waals surface area contributed by atoms with E-state index in [1.807, 2.05) is 13.8 Å². The Morgan fingerprint density at radius 1 is 1.00 bits per heavy atom. The van der Waals surface area contributed by atoms with E-state index in [-0.39, 0.29) is 18.4 Å². The highest BCUT2D eigenvalue weighted by Crippen LogP contribution is 1.91. The third kappa shape index (κ3) is 7.48. The number of hydrogen-bond donors (Lipinski definition) is 4. The van der Waals surface area contributed by atoms with Crippen molar-refractivity contribution in [2.75, 3.05) is 0 Å². The Hall–Kier alpha value is -1.79. The molecular formula is C11H21N3O4. The molecule has 0 spiro atoms. The molecule has 0 aliphatic carbocycles. The van der Waals surface area contributed by atoms with Gasteiger partial charge in [-0.15, -0.1) is 0 Å². The Bertz CT molecular complexity index is 317. The summed E-state index contributed by atoms with van der Waals surface area (Å²) in [6.07, 6.45) is -0.167. The zero-order valence-electron chi connectivity index (χ0n) is 11.1. The Labute approximate surface area is 106 Å². The summed E-state index contributed by atoms with van der Waals surface area (Å²) in [6, 6.07) is -1.74. The lowest BCUT2D eigenvalue weighted by molar-refractivity contribution is -0.137. The number of amides is 3. The van der Waals surface area contributed by atoms with Gasteiger partial charge in [-0.3, -0.25) is 9.59 Å². The molecule has 0 saturated carbocycles. The molecule has 7 heteroatoms. The summed E-state index contributed by atoms with van der Waals surface area (Å²) in [6.45, 7) is 6.77. The first-order valence-electron chi connectivity index (χ1n) is 5.81. The molecule has 0 radical (unpaired) electrons. The number of carboxylic acids is 1. The van der Waals surface area contributed by atoms with Crippen LogP contribution in [0, 0.1) is 0 Å². The molecule has 7 nitrogen and oxygen atoms in total. The normalized spacial score (nSPS) is 13.6. The average molecular weight is 259 g/mol. The van der Waals surface area contributed by atoms with Gasteiger partial charge >= 0.3 is 12.0 Å². The first kappa shape index (κ1) is 16.2. The molecule has 0 saturated heterocycles. The summed E-state index contributed by atoms with van der Waals surface area (Å²) < 4.78 is 0. The third-order valence-electron chi connectivity index (χ3n) is 2.03. The molecule has 0 aliphatic rings. The van der Waals surface area contributed by atoms with Gasteiger partial charge in [0.25, 0.3) is 0 Å². The number of carboxylic acid groups (broad SMARTS) is 1. The average Bonchev–Trinajstić information content (AvgIpc) is 2.13. The first-order chi connectivity index (χ1) is 8.22. The predicted molar refractivity (Wildman–Crippen MR) is 66.1 cm³/mol. The Kier molecular flexibility index (Phi) is 6.77. The van der Waals surface area contributed by atoms with E-state index < -0.39 is 24.1 Å². The number of urea groups is 1. The van der Waals surface area contributed by atoms with E-state index in [1.54, 1.807) is 13.8 Å². The monoisotopic (exact) mass is 259 g/mol. The van der Waals surface area contributed by atoms with Crippen LogP contribution in [0.3, 0.4) is 0 Å². The van der Waals surface area contributed by atoms with Crippen molar-refractivity contribution >= 4 is 17.9 Å². The van der Waals surface area contributed by atoms with Gasteiger partial charge in [-0.25, -0.2) is 4.79 Å². The topological polar surface area (TPSA) is 108 Å². The van der Waals surface area contributed by atoms with Crippen LogP contribution in [-0.2, 0) is 9.59 Å². The zero-order valence-corrected chi connectivity index (χ0v) is 11.1. The van der Waals surface area contributed by atoms with Crippen molar-refractivity contribution in [2.24, 2.45) is 0 Å². The fourth-order valence-corrected chi connectivity index (χ4v) is 1.25. The maximum Gasteiger partial charge on any atom is 0.315 e. The molecule has 0 fully saturated rings. The zero-order chi connectivity index (χ0) is 14.3. The van der Waals surface area contributed by atoms with Gasteiger partial charge in [0.15, 0.2) is 0 Å². The lowest BCUT2D eigenvalue weighted by Crippen LogP contribution is -2.51. The summed E-state index contributed by atoms with van der Waals surface area (Å²) in [4.78, 5) is 33.4. The first-order valence-corrected chi connectivity index (χ1v) is 5.81. The van der Waals surface area contributed by atoms with Crippen LogP contribution in [0.15, 0.2) is 0 Å². The third-order valence-corrected chi connectivity index (χ3v) is 2.03. The van der Waals surface area contributed by atoms with Crippen molar-refractivity contribution in [1.29, 1.82) is 0 Å². The predicted octanol–water partition coefficient (Wildman–Crippen LogP) is 0.0619. The van der Waals surface area contributed by atoms with Gasteiger partial charge in [0.1, 0.15) is 6.04 Å². The van der Waals surface area contributed by atoms with Crippen LogP contribution < -0.4 is 16.0 Å². The lowest BCUT2D eigenvalue weighted by atomic mass is 10.2. The van der Waals surface area contributed by atoms with Crippen molar-refractivity contribution < 1.29 is 19.5 Å². The van der Waals surface area contributed by atoms with E-state index in [1.165, 1.54) is 0 Å². The van der Waals surface area contributed by atoms with Crippen molar-refractivity contribution in [1.82, 2.24) is 16.0 Å². The van der Waals surface area contributed by atoms with Crippen molar-refractivity contribution in [3.8, 4) is 0 Å². The van der Waals surface area contributed by atoms with Gasteiger partial charge in [-0.2, -0.15) is 0 Å². The Morgan fingerprint density at radius 2 is 1.56 bits per heavy atom. The Balaban J connectivity index is 4.07. The molecule has 3 amide bonds. The van der Waals surface area contributed by atoms with Crippen molar-refractivity contribution in [2.45, 2.75) is 52.2 Å². The fraction of sp³-hybridized carbons (Fsp3) is 0.727. The van der Waals surface area contributed by atoms with E-state index >= 15 is 0 Å². The smallest absolute Gasteiger partial charge is 0.315 e. The van der Waals surface area contributed by atoms with Crippen LogP contribution >= 0.6 is 0 Å². The van der Waals surface area contributed by atoms with Gasteiger partial charge in [0.05, 0.1) is 6.42 Å². The fourth-order valence-electron chi connectivity index (χ4n) is 1.25. The molecule has 4 N–H and O–H groups in total. The highest BCUT2D eigenvalue weighted by atomic mass is 16.4. The minimum Gasteiger partial charge on any atom is -0.481 e. The van der Waals surface area contributed by atoms with Gasteiger partial charge in [0.2, 0.25) is 5.91 Å². The quantitative estimate of drug-likeness (QED) is 0.541. The summed E-state index contributed by atoms with van der Waals surface area (Å²) in [5, 5.41) is 16.1. The van der Waals surface area contributed by atoms with Crippen molar-refractivity contribution in [3.63, 3.8) is 0 Å². The minimum absolute atomic E-state index is 0.00394. The van der Waals surface area contributed by atoms with Gasteiger partial charge < -0.3 is 21.1 Å². The van der Waals surface area contributed by atoms with Gasteiger partial charge in [-0.1, -0.05) is 0 Å². The van der Waals surface area contributed by atoms with Crippen LogP contribution in [0.25, 0.3) is 0 Å². The summed E-state index contributed by atoms with van der Waals surface area (Å²) in [7, 11) is 0. The summed E-state index contributed by atoms with van der Waals surface area (Å²) >= 11 is 0. The maximum atomic E-state index is 11.5. The van der Waals surface area contributed by atoms with E-state index in [0.717, 1.165) is 0 Å². The highest BCUT2D eigenvalue weighted by Gasteiger charge is 2.17. The number of carbonyl (C=O) groups excluding carboxylic acids is 2. The standard InChI is InChI=1S/C11H21N3O4/c1-6(2)12-10(17)8(4)14-11(18)13-7(3)5-9(15)16/h6-8H,5H2,1-4H3,(H,12,17)(H,15,16)(H2,13,14,18). The minimum atomic E-state index is -0.992. The molecule has 18 heavy (non-hydrogen) atoms. The SMILES string of the molecule is CC(C)NC(=O)C(C)NC(=O)NC(C)CC(=O)O. The van der Waals surface area contributed by atoms with Gasteiger partial charge in [0, 0.05) is 12.1 Å². The highest BCUT2D eigenvalue weighted by molar-refractivity contribution is 5.87. The second-order valence-electron chi connectivity index (χ2n) is 4.50. The summed E-state index contributed by atoms with van der Waals surface area (Å²) in [5.74, 6) is -1.28. The van der Waals surface area contributed by atoms with E-state index in [0.29, 0.717) is 0 Å². The van der Waals surface area contributed by atoms with Crippen LogP contribution in [0.1, 0.15) is 34.1 Å². The largest absolute Gasteiger partial charge is 0.481 e. The number of rotatable bonds is 6. The molecule has 0 bridgehead atoms. The molecule has 0 aromatic rings. The second-order valence-corrected chi connectivity index (χ2v) is 4.50. The van der Waals surface area contributed by atoms with Crippen LogP contribution in [0.2, 0.25) is 0 Å². The number of aliphatic carboxylic acids is 1. The molecule has 0 heterocycles. The molecule has 0 rings (SSSR count). The molecule has 2 atom stereocenters. The maximum absolute atomic E-state index is 11.5. The van der Waals surface area contributed by atoms with Crippen LogP contribution in [-0.4, -0.2) is 41.1 Å². The Morgan fingerprint density at radius 3 is 2.00 bits per heavy atom. The number of hydrogen-bond acceptors (Lipinski definition) is 3. The van der Waals surface area contributed by atoms with Gasteiger partial charge in [-0.05, 0) is 27.7 Å².